The number of benzene rings is 2. The number of rotatable bonds is 14. The largest absolute Gasteiger partial charge is 0.466 e. The zero-order chi connectivity index (χ0) is 28.6. The van der Waals surface area contributed by atoms with Crippen LogP contribution in [0.5, 0.6) is 0 Å². The summed E-state index contributed by atoms with van der Waals surface area (Å²) < 4.78 is 31.4. The summed E-state index contributed by atoms with van der Waals surface area (Å²) in [5.74, 6) is -0.914. The fourth-order valence-electron chi connectivity index (χ4n) is 3.66. The molecule has 0 unspecified atom stereocenters. The van der Waals surface area contributed by atoms with Crippen LogP contribution in [0.15, 0.2) is 85.0 Å². The highest BCUT2D eigenvalue weighted by molar-refractivity contribution is 6.92. The number of esters is 2. The van der Waals surface area contributed by atoms with Crippen LogP contribution < -0.4 is 10.4 Å². The molecule has 0 aromatic heterocycles. The standard InChI is InChI=1S/C27H40O7Si4/c1-22(2)26(28)30-20-36(5,6)33-38(9,34-37(7,8)21-31-27(29)23(3)4)32-35(24-16-12-10-13-17-24)25-18-14-11-15-19-25/h10-19,35H,1,3,20-21H2,2,4-9H3. The molecule has 206 valence electrons. The van der Waals surface area contributed by atoms with Crippen LogP contribution >= 0.6 is 0 Å². The molecule has 0 aliphatic heterocycles. The Morgan fingerprint density at radius 3 is 1.34 bits per heavy atom. The zero-order valence-electron chi connectivity index (χ0n) is 23.5. The first-order valence-corrected chi connectivity index (χ1v) is 22.5. The molecule has 0 amide bonds. The highest BCUT2D eigenvalue weighted by Crippen LogP contribution is 2.24. The fourth-order valence-corrected chi connectivity index (χ4v) is 19.2. The summed E-state index contributed by atoms with van der Waals surface area (Å²) in [5, 5.41) is 2.18. The predicted molar refractivity (Wildman–Crippen MR) is 161 cm³/mol. The number of ether oxygens (including phenoxy) is 2. The molecule has 0 fully saturated rings. The minimum absolute atomic E-state index is 0.129. The molecule has 0 saturated carbocycles. The van der Waals surface area contributed by atoms with Crippen LogP contribution in [0, 0.1) is 0 Å². The first-order valence-electron chi connectivity index (χ1n) is 12.5. The van der Waals surface area contributed by atoms with Gasteiger partial charge in [0.25, 0.3) is 0 Å². The summed E-state index contributed by atoms with van der Waals surface area (Å²) >= 11 is 0. The van der Waals surface area contributed by atoms with Crippen LogP contribution in [0.1, 0.15) is 13.8 Å². The average Bonchev–Trinajstić information content (AvgIpc) is 2.84. The van der Waals surface area contributed by atoms with Crippen molar-refractivity contribution in [3.05, 3.63) is 85.0 Å². The molecule has 0 aliphatic carbocycles. The fraction of sp³-hybridized carbons (Fsp3) is 0.333. The van der Waals surface area contributed by atoms with Gasteiger partial charge in [-0.3, -0.25) is 0 Å². The van der Waals surface area contributed by atoms with Crippen LogP contribution in [0.2, 0.25) is 32.7 Å². The van der Waals surface area contributed by atoms with Gasteiger partial charge in [0.15, 0.2) is 0 Å². The lowest BCUT2D eigenvalue weighted by Crippen LogP contribution is -2.63. The van der Waals surface area contributed by atoms with Gasteiger partial charge in [-0.15, -0.1) is 0 Å². The van der Waals surface area contributed by atoms with Gasteiger partial charge in [-0.2, -0.15) is 0 Å². The van der Waals surface area contributed by atoms with Crippen molar-refractivity contribution in [1.82, 2.24) is 0 Å². The molecule has 11 heteroatoms. The summed E-state index contributed by atoms with van der Waals surface area (Å²) in [6.45, 7) is 20.3. The van der Waals surface area contributed by atoms with E-state index in [-0.39, 0.29) is 12.5 Å². The second-order valence-corrected chi connectivity index (χ2v) is 24.6. The van der Waals surface area contributed by atoms with Gasteiger partial charge in [0, 0.05) is 17.7 Å². The highest BCUT2D eigenvalue weighted by atomic mass is 28.5. The normalized spacial score (nSPS) is 12.2. The molecular formula is C27H40O7Si4. The lowest BCUT2D eigenvalue weighted by atomic mass is 10.4. The van der Waals surface area contributed by atoms with Crippen LogP contribution in [0.3, 0.4) is 0 Å². The van der Waals surface area contributed by atoms with Crippen molar-refractivity contribution in [3.63, 3.8) is 0 Å². The molecule has 2 rings (SSSR count). The third-order valence-electron chi connectivity index (χ3n) is 5.26. The Balaban J connectivity index is 2.42. The van der Waals surface area contributed by atoms with E-state index < -0.39 is 46.4 Å². The van der Waals surface area contributed by atoms with Crippen LogP contribution in [-0.2, 0) is 31.4 Å². The maximum Gasteiger partial charge on any atom is 0.466 e. The van der Waals surface area contributed by atoms with E-state index in [1.165, 1.54) is 0 Å². The van der Waals surface area contributed by atoms with E-state index in [2.05, 4.69) is 37.4 Å². The second kappa shape index (κ2) is 13.6. The van der Waals surface area contributed by atoms with Crippen molar-refractivity contribution in [3.8, 4) is 0 Å². The third-order valence-corrected chi connectivity index (χ3v) is 19.0. The van der Waals surface area contributed by atoms with Crippen molar-refractivity contribution >= 4 is 56.8 Å². The molecule has 0 bridgehead atoms. The molecule has 0 N–H and O–H groups in total. The van der Waals surface area contributed by atoms with Gasteiger partial charge >= 0.3 is 20.7 Å². The van der Waals surface area contributed by atoms with Gasteiger partial charge in [0.2, 0.25) is 25.7 Å². The second-order valence-electron chi connectivity index (χ2n) is 10.6. The molecule has 0 atom stereocenters. The lowest BCUT2D eigenvalue weighted by molar-refractivity contribution is -0.138. The lowest BCUT2D eigenvalue weighted by Gasteiger charge is -2.41. The van der Waals surface area contributed by atoms with E-state index in [4.69, 9.17) is 21.8 Å². The first-order chi connectivity index (χ1) is 17.6. The molecule has 2 aromatic carbocycles. The zero-order valence-corrected chi connectivity index (χ0v) is 27.7. The maximum absolute atomic E-state index is 12.1. The first kappa shape index (κ1) is 31.8. The summed E-state index contributed by atoms with van der Waals surface area (Å²) in [4.78, 5) is 24.2. The van der Waals surface area contributed by atoms with Gasteiger partial charge in [-0.25, -0.2) is 9.59 Å². The predicted octanol–water partition coefficient (Wildman–Crippen LogP) is 3.87. The van der Waals surface area contributed by atoms with Crippen LogP contribution in [0.4, 0.5) is 0 Å². The Hall–Kier alpha value is -2.39. The third kappa shape index (κ3) is 10.4. The SMILES string of the molecule is C=C(C)C(=O)OC[Si](C)(C)O[Si](C)(O[SiH](c1ccccc1)c1ccccc1)O[Si](C)(C)COC(=O)C(=C)C. The minimum atomic E-state index is -3.39. The maximum atomic E-state index is 12.1. The molecule has 2 aromatic rings. The Bertz CT molecular complexity index is 1040. The van der Waals surface area contributed by atoms with Crippen molar-refractivity contribution in [1.29, 1.82) is 0 Å². The van der Waals surface area contributed by atoms with E-state index in [1.54, 1.807) is 13.8 Å². The molecule has 0 saturated heterocycles. The Morgan fingerprint density at radius 1 is 0.684 bits per heavy atom. The minimum Gasteiger partial charge on any atom is -0.463 e. The van der Waals surface area contributed by atoms with Crippen LogP contribution in [0.25, 0.3) is 0 Å². The van der Waals surface area contributed by atoms with Crippen molar-refractivity contribution in [2.24, 2.45) is 0 Å². The van der Waals surface area contributed by atoms with E-state index in [1.807, 2.05) is 69.1 Å². The number of carbonyl (C=O) groups is 2. The van der Waals surface area contributed by atoms with Gasteiger partial charge in [-0.05, 0) is 50.4 Å². The van der Waals surface area contributed by atoms with E-state index in [0.717, 1.165) is 10.4 Å². The van der Waals surface area contributed by atoms with Gasteiger partial charge in [0.1, 0.15) is 12.5 Å². The number of carbonyl (C=O) groups excluding carboxylic acids is 2. The number of hydrogen-bond acceptors (Lipinski definition) is 7. The van der Waals surface area contributed by atoms with Gasteiger partial charge in [-0.1, -0.05) is 73.8 Å². The summed E-state index contributed by atoms with van der Waals surface area (Å²) in [6, 6.07) is 20.2. The average molecular weight is 589 g/mol. The van der Waals surface area contributed by atoms with Gasteiger partial charge < -0.3 is 21.8 Å². The molecular weight excluding hydrogens is 549 g/mol. The Morgan fingerprint density at radius 2 is 1.03 bits per heavy atom. The highest BCUT2D eigenvalue weighted by Gasteiger charge is 2.48. The monoisotopic (exact) mass is 588 g/mol. The summed E-state index contributed by atoms with van der Waals surface area (Å²) in [7, 11) is -10.9. The summed E-state index contributed by atoms with van der Waals surface area (Å²) in [6.07, 6.45) is 0.257. The Labute approximate surface area is 231 Å². The molecule has 7 nitrogen and oxygen atoms in total. The molecule has 38 heavy (non-hydrogen) atoms. The molecule has 0 radical (unpaired) electrons. The molecule has 0 heterocycles. The van der Waals surface area contributed by atoms with Crippen molar-refractivity contribution < 1.29 is 31.4 Å². The van der Waals surface area contributed by atoms with Crippen molar-refractivity contribution in [2.45, 2.75) is 46.6 Å². The Kier molecular flexibility index (Phi) is 11.4. The van der Waals surface area contributed by atoms with E-state index in [9.17, 15) is 9.59 Å². The van der Waals surface area contributed by atoms with Crippen LogP contribution in [-0.4, -0.2) is 58.9 Å². The van der Waals surface area contributed by atoms with Gasteiger partial charge in [0.05, 0.1) is 0 Å². The molecule has 0 spiro atoms. The van der Waals surface area contributed by atoms with E-state index in [0.29, 0.717) is 11.1 Å². The topological polar surface area (TPSA) is 80.3 Å². The quantitative estimate of drug-likeness (QED) is 0.188. The van der Waals surface area contributed by atoms with Crippen molar-refractivity contribution in [2.75, 3.05) is 12.5 Å². The smallest absolute Gasteiger partial charge is 0.463 e. The molecule has 0 aliphatic rings. The van der Waals surface area contributed by atoms with E-state index >= 15 is 0 Å². The number of hydrogen-bond donors (Lipinski definition) is 0. The summed E-state index contributed by atoms with van der Waals surface area (Å²) in [5.41, 5.74) is 0.659.